The van der Waals surface area contributed by atoms with Crippen LogP contribution in [0.4, 0.5) is 0 Å². The van der Waals surface area contributed by atoms with Crippen LogP contribution in [0.3, 0.4) is 0 Å². The number of nitrogens with two attached hydrogens (primary N) is 1. The van der Waals surface area contributed by atoms with Crippen molar-refractivity contribution in [1.29, 1.82) is 0 Å². The number of rotatable bonds is 6. The molecule has 0 aromatic rings. The van der Waals surface area contributed by atoms with E-state index < -0.39 is 11.9 Å². The normalized spacial score (nSPS) is 17.7. The summed E-state index contributed by atoms with van der Waals surface area (Å²) in [4.78, 5) is 23.3. The second-order valence-electron chi connectivity index (χ2n) is 4.89. The fraction of sp³-hybridized carbons (Fsp3) is 0.714. The number of primary amides is 1. The fourth-order valence-corrected chi connectivity index (χ4v) is 2.35. The molecule has 0 unspecified atom stereocenters. The van der Waals surface area contributed by atoms with Gasteiger partial charge in [0.25, 0.3) is 0 Å². The van der Waals surface area contributed by atoms with Gasteiger partial charge in [-0.05, 0) is 25.7 Å². The Morgan fingerprint density at radius 1 is 1.33 bits per heavy atom. The third-order valence-corrected chi connectivity index (χ3v) is 3.45. The Morgan fingerprint density at radius 3 is 2.56 bits per heavy atom. The summed E-state index contributed by atoms with van der Waals surface area (Å²) in [5.41, 5.74) is 5.29. The molecule has 0 spiro atoms. The van der Waals surface area contributed by atoms with E-state index in [2.05, 4.69) is 11.2 Å². The molecule has 0 bridgehead atoms. The van der Waals surface area contributed by atoms with Crippen molar-refractivity contribution < 1.29 is 9.59 Å². The zero-order valence-electron chi connectivity index (χ0n) is 10.8. The first-order valence-corrected chi connectivity index (χ1v) is 6.68. The number of hydrogen-bond donors (Lipinski definition) is 2. The number of terminal acetylenes is 1. The largest absolute Gasteiger partial charge is 0.368 e. The van der Waals surface area contributed by atoms with Crippen molar-refractivity contribution >= 4 is 11.8 Å². The van der Waals surface area contributed by atoms with Crippen molar-refractivity contribution in [3.05, 3.63) is 0 Å². The van der Waals surface area contributed by atoms with Crippen molar-refractivity contribution in [3.63, 3.8) is 0 Å². The molecule has 4 nitrogen and oxygen atoms in total. The second-order valence-corrected chi connectivity index (χ2v) is 4.89. The predicted octanol–water partition coefficient (Wildman–Crippen LogP) is 1.34. The molecule has 0 radical (unpaired) electrons. The summed E-state index contributed by atoms with van der Waals surface area (Å²) in [6.45, 7) is 0. The summed E-state index contributed by atoms with van der Waals surface area (Å²) in [7, 11) is 0. The molecule has 1 aliphatic rings. The Balaban J connectivity index is 2.41. The van der Waals surface area contributed by atoms with E-state index in [1.165, 1.54) is 6.42 Å². The van der Waals surface area contributed by atoms with Gasteiger partial charge >= 0.3 is 0 Å². The molecular weight excluding hydrogens is 228 g/mol. The monoisotopic (exact) mass is 250 g/mol. The summed E-state index contributed by atoms with van der Waals surface area (Å²) in [6, 6.07) is -0.576. The zero-order chi connectivity index (χ0) is 13.4. The fourth-order valence-electron chi connectivity index (χ4n) is 2.35. The molecular formula is C14H22N2O2. The molecule has 1 atom stereocenters. The van der Waals surface area contributed by atoms with E-state index in [1.807, 2.05) is 0 Å². The first kappa shape index (κ1) is 14.6. The van der Waals surface area contributed by atoms with Gasteiger partial charge in [0, 0.05) is 12.3 Å². The lowest BCUT2D eigenvalue weighted by atomic mass is 9.88. The minimum Gasteiger partial charge on any atom is -0.368 e. The molecule has 3 N–H and O–H groups in total. The highest BCUT2D eigenvalue weighted by Gasteiger charge is 2.25. The molecule has 4 heteroatoms. The van der Waals surface area contributed by atoms with Crippen LogP contribution in [0.15, 0.2) is 0 Å². The number of carbonyl (C=O) groups excluding carboxylic acids is 2. The summed E-state index contributed by atoms with van der Waals surface area (Å²) >= 11 is 0. The molecule has 0 aromatic carbocycles. The van der Waals surface area contributed by atoms with Gasteiger partial charge in [0.2, 0.25) is 11.8 Å². The lowest BCUT2D eigenvalue weighted by Gasteiger charge is -2.23. The highest BCUT2D eigenvalue weighted by Crippen LogP contribution is 2.23. The molecule has 1 saturated carbocycles. The van der Waals surface area contributed by atoms with Gasteiger partial charge in [-0.2, -0.15) is 0 Å². The van der Waals surface area contributed by atoms with Gasteiger partial charge in [-0.15, -0.1) is 12.3 Å². The van der Waals surface area contributed by atoms with Gasteiger partial charge < -0.3 is 11.1 Å². The van der Waals surface area contributed by atoms with Gasteiger partial charge in [0.05, 0.1) is 0 Å². The van der Waals surface area contributed by atoms with E-state index in [0.717, 1.165) is 25.7 Å². The maximum Gasteiger partial charge on any atom is 0.240 e. The third-order valence-electron chi connectivity index (χ3n) is 3.45. The smallest absolute Gasteiger partial charge is 0.240 e. The van der Waals surface area contributed by atoms with E-state index in [1.54, 1.807) is 0 Å². The molecule has 18 heavy (non-hydrogen) atoms. The van der Waals surface area contributed by atoms with Gasteiger partial charge in [0.1, 0.15) is 6.04 Å². The van der Waals surface area contributed by atoms with Crippen molar-refractivity contribution in [1.82, 2.24) is 5.32 Å². The van der Waals surface area contributed by atoms with Crippen LogP contribution < -0.4 is 11.1 Å². The summed E-state index contributed by atoms with van der Waals surface area (Å²) < 4.78 is 0. The molecule has 0 heterocycles. The predicted molar refractivity (Wildman–Crippen MR) is 70.4 cm³/mol. The molecule has 1 rings (SSSR count). The van der Waals surface area contributed by atoms with E-state index in [0.29, 0.717) is 19.3 Å². The molecule has 2 amide bonds. The number of unbranched alkanes of at least 4 members (excludes halogenated alkanes) is 1. The highest BCUT2D eigenvalue weighted by molar-refractivity contribution is 5.87. The van der Waals surface area contributed by atoms with Crippen LogP contribution in [0.1, 0.15) is 51.4 Å². The molecule has 100 valence electrons. The molecule has 0 aliphatic heterocycles. The van der Waals surface area contributed by atoms with Crippen LogP contribution in [0.2, 0.25) is 0 Å². The Kier molecular flexibility index (Phi) is 6.27. The van der Waals surface area contributed by atoms with Crippen LogP contribution in [-0.4, -0.2) is 17.9 Å². The minimum absolute atomic E-state index is 0.0285. The van der Waals surface area contributed by atoms with Crippen LogP contribution in [0, 0.1) is 18.3 Å². The van der Waals surface area contributed by atoms with Crippen molar-refractivity contribution in [2.75, 3.05) is 0 Å². The first-order valence-electron chi connectivity index (χ1n) is 6.68. The van der Waals surface area contributed by atoms with Gasteiger partial charge in [-0.25, -0.2) is 0 Å². The average Bonchev–Trinajstić information content (AvgIpc) is 2.38. The Bertz CT molecular complexity index is 327. The minimum atomic E-state index is -0.576. The van der Waals surface area contributed by atoms with E-state index in [9.17, 15) is 9.59 Å². The van der Waals surface area contributed by atoms with Crippen molar-refractivity contribution in [3.8, 4) is 12.3 Å². The standard InChI is InChI=1S/C14H22N2O2/c1-2-3-5-10-12(13(15)17)16-14(18)11-8-6-4-7-9-11/h1,11-12H,3-10H2,(H2,15,17)(H,16,18)/t12-/m1/s1. The summed E-state index contributed by atoms with van der Waals surface area (Å²) in [6.07, 6.45) is 12.2. The third kappa shape index (κ3) is 4.79. The van der Waals surface area contributed by atoms with Gasteiger partial charge in [-0.1, -0.05) is 19.3 Å². The number of hydrogen-bond acceptors (Lipinski definition) is 2. The van der Waals surface area contributed by atoms with E-state index in [4.69, 9.17) is 12.2 Å². The number of nitrogens with one attached hydrogen (secondary N) is 1. The SMILES string of the molecule is C#CCCC[C@@H](NC(=O)C1CCCCC1)C(N)=O. The average molecular weight is 250 g/mol. The van der Waals surface area contributed by atoms with Crippen LogP contribution in [-0.2, 0) is 9.59 Å². The maximum atomic E-state index is 12.0. The molecule has 0 saturated heterocycles. The Hall–Kier alpha value is -1.50. The number of carbonyl (C=O) groups is 2. The summed E-state index contributed by atoms with van der Waals surface area (Å²) in [5, 5.41) is 2.76. The quantitative estimate of drug-likeness (QED) is 0.551. The van der Waals surface area contributed by atoms with Crippen molar-refractivity contribution in [2.45, 2.75) is 57.4 Å². The Labute approximate surface area is 109 Å². The molecule has 1 fully saturated rings. The van der Waals surface area contributed by atoms with Crippen molar-refractivity contribution in [2.24, 2.45) is 11.7 Å². The number of amides is 2. The van der Waals surface area contributed by atoms with E-state index >= 15 is 0 Å². The van der Waals surface area contributed by atoms with Gasteiger partial charge in [0.15, 0.2) is 0 Å². The molecule has 0 aromatic heterocycles. The van der Waals surface area contributed by atoms with Crippen LogP contribution >= 0.6 is 0 Å². The van der Waals surface area contributed by atoms with Gasteiger partial charge in [-0.3, -0.25) is 9.59 Å². The highest BCUT2D eigenvalue weighted by atomic mass is 16.2. The Morgan fingerprint density at radius 2 is 2.00 bits per heavy atom. The lowest BCUT2D eigenvalue weighted by Crippen LogP contribution is -2.46. The lowest BCUT2D eigenvalue weighted by molar-refractivity contribution is -0.130. The topological polar surface area (TPSA) is 72.2 Å². The van der Waals surface area contributed by atoms with Crippen LogP contribution in [0.25, 0.3) is 0 Å². The second kappa shape index (κ2) is 7.75. The summed E-state index contributed by atoms with van der Waals surface area (Å²) in [5.74, 6) is 2.06. The zero-order valence-corrected chi connectivity index (χ0v) is 10.8. The van der Waals surface area contributed by atoms with Crippen LogP contribution in [0.5, 0.6) is 0 Å². The first-order chi connectivity index (χ1) is 8.65. The molecule has 1 aliphatic carbocycles. The van der Waals surface area contributed by atoms with E-state index in [-0.39, 0.29) is 11.8 Å². The maximum absolute atomic E-state index is 12.0.